The Morgan fingerprint density at radius 1 is 1.57 bits per heavy atom. The lowest BCUT2D eigenvalue weighted by atomic mass is 10.7. The van der Waals surface area contributed by atoms with Gasteiger partial charge in [-0.15, -0.1) is 0 Å². The predicted octanol–water partition coefficient (Wildman–Crippen LogP) is 1.06. The standard InChI is InChI=1S/C3H5NO.C2H6/c1-2-4-5-3-1;1-2/h1,3-4H,2H2;1-2H3. The van der Waals surface area contributed by atoms with Gasteiger partial charge in [0.2, 0.25) is 0 Å². The second-order valence-electron chi connectivity index (χ2n) is 0.838. The average Bonchev–Trinajstić information content (AvgIpc) is 2.23. The molecule has 1 heterocycles. The van der Waals surface area contributed by atoms with Gasteiger partial charge >= 0.3 is 0 Å². The molecular weight excluding hydrogens is 90.1 g/mol. The molecule has 0 aromatic carbocycles. The summed E-state index contributed by atoms with van der Waals surface area (Å²) in [6.45, 7) is 4.85. The zero-order valence-corrected chi connectivity index (χ0v) is 4.77. The summed E-state index contributed by atoms with van der Waals surface area (Å²) >= 11 is 0. The van der Waals surface area contributed by atoms with Gasteiger partial charge in [-0.1, -0.05) is 13.8 Å². The molecule has 0 fully saturated rings. The number of nitrogens with one attached hydrogen (secondary N) is 1. The Bertz CT molecular complexity index is 46.0. The SMILES string of the molecule is C1=CONC1.CC. The molecule has 0 atom stereocenters. The van der Waals surface area contributed by atoms with Crippen molar-refractivity contribution in [3.05, 3.63) is 12.3 Å². The first-order chi connectivity index (χ1) is 3.50. The normalized spacial score (nSPS) is 14.6. The van der Waals surface area contributed by atoms with Crippen LogP contribution in [0.3, 0.4) is 0 Å². The third-order valence-corrected chi connectivity index (χ3v) is 0.449. The molecule has 0 aromatic rings. The molecule has 42 valence electrons. The van der Waals surface area contributed by atoms with E-state index in [4.69, 9.17) is 0 Å². The van der Waals surface area contributed by atoms with E-state index in [2.05, 4.69) is 10.3 Å². The molecule has 2 nitrogen and oxygen atoms in total. The van der Waals surface area contributed by atoms with Crippen molar-refractivity contribution in [2.75, 3.05) is 6.54 Å². The molecular formula is C5H11NO. The molecule has 0 radical (unpaired) electrons. The summed E-state index contributed by atoms with van der Waals surface area (Å²) in [7, 11) is 0. The Labute approximate surface area is 44.1 Å². The number of hydroxylamine groups is 1. The van der Waals surface area contributed by atoms with E-state index in [1.807, 2.05) is 19.9 Å². The fraction of sp³-hybridized carbons (Fsp3) is 0.600. The fourth-order valence-corrected chi connectivity index (χ4v) is 0.241. The Kier molecular flexibility index (Phi) is 5.11. The fourth-order valence-electron chi connectivity index (χ4n) is 0.241. The van der Waals surface area contributed by atoms with Crippen LogP contribution in [0.2, 0.25) is 0 Å². The van der Waals surface area contributed by atoms with E-state index < -0.39 is 0 Å². The predicted molar refractivity (Wildman–Crippen MR) is 29.6 cm³/mol. The Morgan fingerprint density at radius 2 is 2.29 bits per heavy atom. The maximum absolute atomic E-state index is 4.51. The largest absolute Gasteiger partial charge is 0.417 e. The van der Waals surface area contributed by atoms with Crippen molar-refractivity contribution in [1.82, 2.24) is 5.48 Å². The topological polar surface area (TPSA) is 21.3 Å². The molecule has 1 aliphatic heterocycles. The third-order valence-electron chi connectivity index (χ3n) is 0.449. The molecule has 0 amide bonds. The van der Waals surface area contributed by atoms with Crippen molar-refractivity contribution in [2.24, 2.45) is 0 Å². The van der Waals surface area contributed by atoms with Crippen LogP contribution in [-0.2, 0) is 4.84 Å². The molecule has 1 N–H and O–H groups in total. The minimum atomic E-state index is 0.847. The van der Waals surface area contributed by atoms with Crippen LogP contribution in [0, 0.1) is 0 Å². The van der Waals surface area contributed by atoms with Gasteiger partial charge in [0.05, 0.1) is 6.54 Å². The molecule has 0 unspecified atom stereocenters. The van der Waals surface area contributed by atoms with E-state index in [1.165, 1.54) is 0 Å². The summed E-state index contributed by atoms with van der Waals surface area (Å²) in [4.78, 5) is 4.51. The van der Waals surface area contributed by atoms with Gasteiger partial charge in [-0.05, 0) is 6.08 Å². The van der Waals surface area contributed by atoms with Gasteiger partial charge in [-0.2, -0.15) is 5.48 Å². The van der Waals surface area contributed by atoms with E-state index in [0.29, 0.717) is 0 Å². The lowest BCUT2D eigenvalue weighted by Gasteiger charge is -1.82. The minimum absolute atomic E-state index is 0.847. The highest BCUT2D eigenvalue weighted by molar-refractivity contribution is 4.78. The Hall–Kier alpha value is -0.500. The zero-order valence-electron chi connectivity index (χ0n) is 4.77. The zero-order chi connectivity index (χ0) is 5.54. The highest BCUT2D eigenvalue weighted by atomic mass is 16.6. The molecule has 0 spiro atoms. The van der Waals surface area contributed by atoms with Crippen molar-refractivity contribution in [1.29, 1.82) is 0 Å². The van der Waals surface area contributed by atoms with Crippen LogP contribution in [0.1, 0.15) is 13.8 Å². The first-order valence-electron chi connectivity index (χ1n) is 2.53. The number of hydrogen-bond donors (Lipinski definition) is 1. The van der Waals surface area contributed by atoms with Crippen molar-refractivity contribution in [2.45, 2.75) is 13.8 Å². The van der Waals surface area contributed by atoms with E-state index in [0.717, 1.165) is 6.54 Å². The van der Waals surface area contributed by atoms with Crippen LogP contribution in [-0.4, -0.2) is 6.54 Å². The molecule has 2 heteroatoms. The summed E-state index contributed by atoms with van der Waals surface area (Å²) < 4.78 is 0. The van der Waals surface area contributed by atoms with Crippen LogP contribution in [0.4, 0.5) is 0 Å². The molecule has 1 aliphatic rings. The highest BCUT2D eigenvalue weighted by Gasteiger charge is 1.81. The smallest absolute Gasteiger partial charge is 0.108 e. The number of rotatable bonds is 0. The molecule has 0 bridgehead atoms. The summed E-state index contributed by atoms with van der Waals surface area (Å²) in [5.74, 6) is 0. The Morgan fingerprint density at radius 3 is 2.43 bits per heavy atom. The number of hydrogen-bond acceptors (Lipinski definition) is 2. The molecule has 0 saturated heterocycles. The van der Waals surface area contributed by atoms with E-state index >= 15 is 0 Å². The van der Waals surface area contributed by atoms with Gasteiger partial charge < -0.3 is 4.84 Å². The summed E-state index contributed by atoms with van der Waals surface area (Å²) in [5, 5.41) is 0. The van der Waals surface area contributed by atoms with Crippen molar-refractivity contribution >= 4 is 0 Å². The van der Waals surface area contributed by atoms with Crippen LogP contribution in [0.25, 0.3) is 0 Å². The maximum Gasteiger partial charge on any atom is 0.108 e. The third kappa shape index (κ3) is 3.33. The average molecular weight is 101 g/mol. The molecule has 1 rings (SSSR count). The van der Waals surface area contributed by atoms with Crippen LogP contribution < -0.4 is 5.48 Å². The van der Waals surface area contributed by atoms with Gasteiger partial charge in [0.1, 0.15) is 6.26 Å². The molecule has 0 saturated carbocycles. The van der Waals surface area contributed by atoms with Crippen LogP contribution in [0.15, 0.2) is 12.3 Å². The maximum atomic E-state index is 4.51. The van der Waals surface area contributed by atoms with Gasteiger partial charge in [-0.3, -0.25) is 0 Å². The molecule has 7 heavy (non-hydrogen) atoms. The first kappa shape index (κ1) is 6.50. The van der Waals surface area contributed by atoms with E-state index in [9.17, 15) is 0 Å². The van der Waals surface area contributed by atoms with Crippen molar-refractivity contribution in [3.63, 3.8) is 0 Å². The summed E-state index contributed by atoms with van der Waals surface area (Å²) in [6.07, 6.45) is 3.53. The second kappa shape index (κ2) is 5.50. The van der Waals surface area contributed by atoms with Gasteiger partial charge in [0.25, 0.3) is 0 Å². The minimum Gasteiger partial charge on any atom is -0.417 e. The lowest BCUT2D eigenvalue weighted by Crippen LogP contribution is -2.02. The Balaban J connectivity index is 0.000000162. The molecule has 0 aromatic heterocycles. The van der Waals surface area contributed by atoms with Crippen LogP contribution >= 0.6 is 0 Å². The lowest BCUT2D eigenvalue weighted by molar-refractivity contribution is 0.168. The van der Waals surface area contributed by atoms with Gasteiger partial charge in [-0.25, -0.2) is 0 Å². The quantitative estimate of drug-likeness (QED) is 0.492. The van der Waals surface area contributed by atoms with E-state index in [-0.39, 0.29) is 0 Å². The second-order valence-corrected chi connectivity index (χ2v) is 0.838. The molecule has 0 aliphatic carbocycles. The van der Waals surface area contributed by atoms with Crippen molar-refractivity contribution in [3.8, 4) is 0 Å². The van der Waals surface area contributed by atoms with Crippen molar-refractivity contribution < 1.29 is 4.84 Å². The van der Waals surface area contributed by atoms with Crippen LogP contribution in [0.5, 0.6) is 0 Å². The highest BCUT2D eigenvalue weighted by Crippen LogP contribution is 1.77. The summed E-state index contributed by atoms with van der Waals surface area (Å²) in [6, 6.07) is 0. The van der Waals surface area contributed by atoms with Gasteiger partial charge in [0.15, 0.2) is 0 Å². The summed E-state index contributed by atoms with van der Waals surface area (Å²) in [5.41, 5.74) is 2.61. The monoisotopic (exact) mass is 101 g/mol. The first-order valence-corrected chi connectivity index (χ1v) is 2.53. The van der Waals surface area contributed by atoms with E-state index in [1.54, 1.807) is 6.26 Å². The van der Waals surface area contributed by atoms with Gasteiger partial charge in [0, 0.05) is 0 Å².